The maximum Gasteiger partial charge on any atom is 0.340 e. The van der Waals surface area contributed by atoms with Crippen LogP contribution >= 0.6 is 11.3 Å². The summed E-state index contributed by atoms with van der Waals surface area (Å²) in [5.74, 6) is -2.52. The number of hydrogen-bond donors (Lipinski definition) is 1. The third-order valence-electron chi connectivity index (χ3n) is 2.71. The summed E-state index contributed by atoms with van der Waals surface area (Å²) in [6, 6.07) is 5.68. The molecule has 1 N–H and O–H groups in total. The van der Waals surface area contributed by atoms with Gasteiger partial charge in [0, 0.05) is 22.4 Å². The van der Waals surface area contributed by atoms with Crippen molar-refractivity contribution in [1.29, 1.82) is 0 Å². The van der Waals surface area contributed by atoms with Crippen LogP contribution in [-0.2, 0) is 11.3 Å². The first-order chi connectivity index (χ1) is 9.51. The Bertz CT molecular complexity index is 640. The van der Waals surface area contributed by atoms with Gasteiger partial charge in [-0.3, -0.25) is 0 Å². The fraction of sp³-hybridized carbons (Fsp3) is 0.214. The van der Waals surface area contributed by atoms with Gasteiger partial charge in [0.25, 0.3) is 0 Å². The van der Waals surface area contributed by atoms with E-state index in [-0.39, 0.29) is 11.3 Å². The number of aryl methyl sites for hydroxylation is 1. The van der Waals surface area contributed by atoms with Gasteiger partial charge in [0.05, 0.1) is 18.4 Å². The smallest absolute Gasteiger partial charge is 0.340 e. The van der Waals surface area contributed by atoms with Gasteiger partial charge in [-0.2, -0.15) is 0 Å². The van der Waals surface area contributed by atoms with E-state index in [1.165, 1.54) is 0 Å². The highest BCUT2D eigenvalue weighted by atomic mass is 32.1. The Kier molecular flexibility index (Phi) is 4.34. The molecule has 1 aromatic heterocycles. The Morgan fingerprint density at radius 3 is 2.65 bits per heavy atom. The van der Waals surface area contributed by atoms with Gasteiger partial charge < -0.3 is 10.1 Å². The molecule has 0 bridgehead atoms. The molecule has 0 aliphatic rings. The highest BCUT2D eigenvalue weighted by Crippen LogP contribution is 2.22. The van der Waals surface area contributed by atoms with Crippen LogP contribution in [-0.4, -0.2) is 13.1 Å². The lowest BCUT2D eigenvalue weighted by Gasteiger charge is -2.09. The van der Waals surface area contributed by atoms with Crippen molar-refractivity contribution >= 4 is 23.0 Å². The van der Waals surface area contributed by atoms with E-state index in [4.69, 9.17) is 0 Å². The predicted octanol–water partition coefficient (Wildman–Crippen LogP) is 3.73. The summed E-state index contributed by atoms with van der Waals surface area (Å²) in [4.78, 5) is 13.5. The van der Waals surface area contributed by atoms with Gasteiger partial charge >= 0.3 is 5.97 Å². The summed E-state index contributed by atoms with van der Waals surface area (Å²) in [5, 5.41) is 2.85. The molecule has 20 heavy (non-hydrogen) atoms. The predicted molar refractivity (Wildman–Crippen MR) is 74.1 cm³/mol. The molecule has 0 aliphatic carbocycles. The van der Waals surface area contributed by atoms with Gasteiger partial charge in [-0.15, -0.1) is 11.3 Å². The third-order valence-corrected chi connectivity index (χ3v) is 3.71. The number of anilines is 1. The van der Waals surface area contributed by atoms with E-state index in [1.807, 2.05) is 19.1 Å². The van der Waals surface area contributed by atoms with Gasteiger partial charge in [-0.1, -0.05) is 0 Å². The molecule has 106 valence electrons. The Hall–Kier alpha value is -1.95. The van der Waals surface area contributed by atoms with Crippen LogP contribution < -0.4 is 5.32 Å². The average Bonchev–Trinajstić information content (AvgIpc) is 2.83. The molecule has 0 saturated heterocycles. The molecule has 0 fully saturated rings. The van der Waals surface area contributed by atoms with E-state index in [9.17, 15) is 13.6 Å². The molecule has 2 rings (SSSR count). The Morgan fingerprint density at radius 1 is 1.30 bits per heavy atom. The first-order valence-corrected chi connectivity index (χ1v) is 6.69. The number of hydrogen-bond acceptors (Lipinski definition) is 4. The quantitative estimate of drug-likeness (QED) is 0.874. The van der Waals surface area contributed by atoms with Crippen LogP contribution in [0.25, 0.3) is 0 Å². The first kappa shape index (κ1) is 14.5. The molecule has 0 amide bonds. The van der Waals surface area contributed by atoms with E-state index >= 15 is 0 Å². The summed E-state index contributed by atoms with van der Waals surface area (Å²) in [5.41, 5.74) is -0.225. The van der Waals surface area contributed by atoms with Crippen LogP contribution in [0.3, 0.4) is 0 Å². The van der Waals surface area contributed by atoms with Crippen molar-refractivity contribution < 1.29 is 18.3 Å². The second-order valence-corrected chi connectivity index (χ2v) is 5.54. The van der Waals surface area contributed by atoms with Crippen molar-refractivity contribution in [3.63, 3.8) is 0 Å². The third kappa shape index (κ3) is 3.14. The Labute approximate surface area is 119 Å². The lowest BCUT2D eigenvalue weighted by atomic mass is 10.1. The molecular formula is C14H13F2NO2S. The zero-order chi connectivity index (χ0) is 14.7. The lowest BCUT2D eigenvalue weighted by Crippen LogP contribution is -2.08. The number of esters is 1. The molecule has 6 heteroatoms. The number of halogens is 2. The van der Waals surface area contributed by atoms with Crippen molar-refractivity contribution in [2.45, 2.75) is 13.5 Å². The van der Waals surface area contributed by atoms with Crippen LogP contribution in [0.4, 0.5) is 14.5 Å². The normalized spacial score (nSPS) is 10.4. The molecule has 1 heterocycles. The van der Waals surface area contributed by atoms with Crippen molar-refractivity contribution in [2.75, 3.05) is 12.4 Å². The molecule has 2 aromatic rings. The fourth-order valence-electron chi connectivity index (χ4n) is 1.71. The minimum atomic E-state index is -0.938. The minimum absolute atomic E-state index is 0.0675. The topological polar surface area (TPSA) is 38.3 Å². The minimum Gasteiger partial charge on any atom is -0.465 e. The summed E-state index contributed by atoms with van der Waals surface area (Å²) in [6.45, 7) is 2.38. The van der Waals surface area contributed by atoms with E-state index in [2.05, 4.69) is 10.1 Å². The molecule has 0 radical (unpaired) electrons. The Balaban J connectivity index is 2.20. The zero-order valence-electron chi connectivity index (χ0n) is 11.0. The van der Waals surface area contributed by atoms with Crippen molar-refractivity contribution in [3.8, 4) is 0 Å². The first-order valence-electron chi connectivity index (χ1n) is 5.88. The number of carbonyl (C=O) groups is 1. The van der Waals surface area contributed by atoms with E-state index in [0.717, 1.165) is 22.9 Å². The molecule has 0 aliphatic heterocycles. The van der Waals surface area contributed by atoms with Gasteiger partial charge in [0.15, 0.2) is 0 Å². The Morgan fingerprint density at radius 2 is 2.05 bits per heavy atom. The van der Waals surface area contributed by atoms with Gasteiger partial charge in [-0.25, -0.2) is 13.6 Å². The molecule has 0 saturated carbocycles. The van der Waals surface area contributed by atoms with Crippen LogP contribution in [0.1, 0.15) is 20.1 Å². The van der Waals surface area contributed by atoms with Gasteiger partial charge in [0.2, 0.25) is 0 Å². The fourth-order valence-corrected chi connectivity index (χ4v) is 2.54. The molecule has 3 nitrogen and oxygen atoms in total. The highest BCUT2D eigenvalue weighted by Gasteiger charge is 2.16. The monoisotopic (exact) mass is 297 g/mol. The average molecular weight is 297 g/mol. The van der Waals surface area contributed by atoms with E-state index in [1.54, 1.807) is 11.3 Å². The van der Waals surface area contributed by atoms with E-state index in [0.29, 0.717) is 12.6 Å². The highest BCUT2D eigenvalue weighted by molar-refractivity contribution is 7.11. The van der Waals surface area contributed by atoms with Crippen LogP contribution in [0.15, 0.2) is 24.3 Å². The summed E-state index contributed by atoms with van der Waals surface area (Å²) >= 11 is 1.58. The van der Waals surface area contributed by atoms with Crippen molar-refractivity contribution in [3.05, 3.63) is 51.2 Å². The number of carbonyl (C=O) groups excluding carboxylic acids is 1. The van der Waals surface area contributed by atoms with Crippen LogP contribution in [0.5, 0.6) is 0 Å². The number of nitrogens with one attached hydrogen (secondary N) is 1. The van der Waals surface area contributed by atoms with E-state index < -0.39 is 17.6 Å². The summed E-state index contributed by atoms with van der Waals surface area (Å²) in [6.07, 6.45) is 0. The standard InChI is InChI=1S/C14H13F2NO2S/c1-8-3-4-9(20-8)7-17-13-5-10(14(18)19-2)11(15)6-12(13)16/h3-6,17H,7H2,1-2H3. The molecule has 0 unspecified atom stereocenters. The number of ether oxygens (including phenoxy) is 1. The largest absolute Gasteiger partial charge is 0.465 e. The lowest BCUT2D eigenvalue weighted by molar-refractivity contribution is 0.0595. The van der Waals surface area contributed by atoms with Gasteiger partial charge in [-0.05, 0) is 25.1 Å². The number of thiophene rings is 1. The number of rotatable bonds is 4. The summed E-state index contributed by atoms with van der Waals surface area (Å²) < 4.78 is 31.6. The molecular weight excluding hydrogens is 284 g/mol. The van der Waals surface area contributed by atoms with Crippen molar-refractivity contribution in [2.24, 2.45) is 0 Å². The molecule has 0 atom stereocenters. The zero-order valence-corrected chi connectivity index (χ0v) is 11.8. The second kappa shape index (κ2) is 6.00. The van der Waals surface area contributed by atoms with Crippen LogP contribution in [0.2, 0.25) is 0 Å². The maximum absolute atomic E-state index is 13.7. The van der Waals surface area contributed by atoms with Crippen LogP contribution in [0, 0.1) is 18.6 Å². The van der Waals surface area contributed by atoms with Gasteiger partial charge in [0.1, 0.15) is 11.6 Å². The number of benzene rings is 1. The maximum atomic E-state index is 13.7. The SMILES string of the molecule is COC(=O)c1cc(NCc2ccc(C)s2)c(F)cc1F. The number of methoxy groups -OCH3 is 1. The molecule has 0 spiro atoms. The molecule has 1 aromatic carbocycles. The summed E-state index contributed by atoms with van der Waals surface area (Å²) in [7, 11) is 1.15. The second-order valence-electron chi connectivity index (χ2n) is 4.17. The van der Waals surface area contributed by atoms with Crippen molar-refractivity contribution in [1.82, 2.24) is 0 Å².